The highest BCUT2D eigenvalue weighted by Crippen LogP contribution is 2.45. The highest BCUT2D eigenvalue weighted by molar-refractivity contribution is 6.03. The van der Waals surface area contributed by atoms with E-state index >= 15 is 0 Å². The van der Waals surface area contributed by atoms with Gasteiger partial charge in [0, 0.05) is 22.0 Å². The molecule has 0 aliphatic carbocycles. The molecule has 1 aliphatic rings. The topological polar surface area (TPSA) is 120 Å². The number of nitrogens with two attached hydrogens (primary N) is 1. The van der Waals surface area contributed by atoms with Gasteiger partial charge in [-0.05, 0) is 30.2 Å². The number of rotatable bonds is 4. The largest absolute Gasteiger partial charge is 0.354 e. The second kappa shape index (κ2) is 8.40. The number of urea groups is 1. The van der Waals surface area contributed by atoms with Gasteiger partial charge in [0.1, 0.15) is 6.54 Å². The first-order valence-corrected chi connectivity index (χ1v) is 10.9. The number of hydrogen-bond donors (Lipinski definition) is 4. The van der Waals surface area contributed by atoms with Gasteiger partial charge in [0.15, 0.2) is 0 Å². The van der Waals surface area contributed by atoms with Crippen molar-refractivity contribution in [2.45, 2.75) is 13.0 Å². The Morgan fingerprint density at radius 2 is 1.68 bits per heavy atom. The van der Waals surface area contributed by atoms with E-state index in [2.05, 4.69) is 15.8 Å². The number of hydrogen-bond acceptors (Lipinski definition) is 3. The normalized spacial score (nSPS) is 14.8. The summed E-state index contributed by atoms with van der Waals surface area (Å²) in [6, 6.07) is 22.1. The predicted octanol–water partition coefficient (Wildman–Crippen LogP) is 3.39. The van der Waals surface area contributed by atoms with Crippen LogP contribution in [0.4, 0.5) is 4.79 Å². The van der Waals surface area contributed by atoms with Gasteiger partial charge in [-0.2, -0.15) is 0 Å². The monoisotopic (exact) mass is 453 g/mol. The van der Waals surface area contributed by atoms with Crippen molar-refractivity contribution in [1.29, 1.82) is 0 Å². The highest BCUT2D eigenvalue weighted by atomic mass is 16.2. The summed E-state index contributed by atoms with van der Waals surface area (Å²) in [5.41, 5.74) is 15.6. The molecule has 1 atom stereocenters. The Balaban J connectivity index is 1.68. The van der Waals surface area contributed by atoms with Crippen LogP contribution < -0.4 is 16.6 Å². The van der Waals surface area contributed by atoms with Crippen molar-refractivity contribution in [3.63, 3.8) is 0 Å². The van der Waals surface area contributed by atoms with E-state index in [-0.39, 0.29) is 12.5 Å². The molecule has 0 bridgehead atoms. The number of carbonyl (C=O) groups excluding carboxylic acids is 3. The number of aromatic amines is 1. The molecule has 8 nitrogen and oxygen atoms in total. The molecule has 5 N–H and O–H groups in total. The molecule has 2 heterocycles. The number of aryl methyl sites for hydroxylation is 1. The molecule has 5 rings (SSSR count). The lowest BCUT2D eigenvalue weighted by Gasteiger charge is -2.26. The minimum atomic E-state index is -0.890. The fraction of sp³-hybridized carbons (Fsp3) is 0.115. The van der Waals surface area contributed by atoms with Crippen LogP contribution in [0.3, 0.4) is 0 Å². The van der Waals surface area contributed by atoms with Crippen molar-refractivity contribution in [3.05, 3.63) is 95.1 Å². The third-order valence-electron chi connectivity index (χ3n) is 6.06. The van der Waals surface area contributed by atoms with Crippen molar-refractivity contribution in [2.75, 3.05) is 6.54 Å². The Kier molecular flexibility index (Phi) is 5.25. The van der Waals surface area contributed by atoms with E-state index in [1.807, 2.05) is 73.7 Å². The SMILES string of the molecule is Cc1ccc(-c2[nH]c3ccccc3c2C2c3ccccc3C(=O)N2CC(=O)NNC(N)=O)cc1. The number of aromatic nitrogens is 1. The maximum absolute atomic E-state index is 13.4. The van der Waals surface area contributed by atoms with Crippen LogP contribution in [0.1, 0.15) is 33.1 Å². The van der Waals surface area contributed by atoms with Crippen LogP contribution in [0.5, 0.6) is 0 Å². The predicted molar refractivity (Wildman–Crippen MR) is 129 cm³/mol. The zero-order valence-electron chi connectivity index (χ0n) is 18.5. The number of primary amides is 1. The Hall–Kier alpha value is -4.59. The lowest BCUT2D eigenvalue weighted by molar-refractivity contribution is -0.122. The molecule has 34 heavy (non-hydrogen) atoms. The fourth-order valence-corrected chi connectivity index (χ4v) is 4.57. The van der Waals surface area contributed by atoms with E-state index < -0.39 is 18.0 Å². The maximum atomic E-state index is 13.4. The summed E-state index contributed by atoms with van der Waals surface area (Å²) in [7, 11) is 0. The molecule has 8 heteroatoms. The van der Waals surface area contributed by atoms with Crippen LogP contribution >= 0.6 is 0 Å². The molecule has 1 unspecified atom stereocenters. The Labute approximate surface area is 195 Å². The first-order valence-electron chi connectivity index (χ1n) is 10.9. The fourth-order valence-electron chi connectivity index (χ4n) is 4.57. The minimum Gasteiger partial charge on any atom is -0.354 e. The number of nitrogens with one attached hydrogen (secondary N) is 3. The lowest BCUT2D eigenvalue weighted by atomic mass is 9.93. The zero-order valence-corrected chi connectivity index (χ0v) is 18.5. The molecule has 4 aromatic rings. The van der Waals surface area contributed by atoms with Crippen LogP contribution in [0, 0.1) is 6.92 Å². The van der Waals surface area contributed by atoms with Gasteiger partial charge in [-0.1, -0.05) is 66.2 Å². The van der Waals surface area contributed by atoms with E-state index in [1.54, 1.807) is 6.07 Å². The average Bonchev–Trinajstić information content (AvgIpc) is 3.34. The van der Waals surface area contributed by atoms with Gasteiger partial charge in [0.05, 0.1) is 11.7 Å². The molecule has 1 aromatic heterocycles. The van der Waals surface area contributed by atoms with E-state index in [9.17, 15) is 14.4 Å². The van der Waals surface area contributed by atoms with Crippen LogP contribution in [0.2, 0.25) is 0 Å². The smallest absolute Gasteiger partial charge is 0.330 e. The molecule has 0 fully saturated rings. The number of H-pyrrole nitrogens is 1. The van der Waals surface area contributed by atoms with Gasteiger partial charge < -0.3 is 15.6 Å². The third-order valence-corrected chi connectivity index (χ3v) is 6.06. The molecule has 0 saturated heterocycles. The van der Waals surface area contributed by atoms with E-state index in [4.69, 9.17) is 5.73 Å². The van der Waals surface area contributed by atoms with Gasteiger partial charge in [-0.3, -0.25) is 15.0 Å². The number of para-hydroxylation sites is 1. The molecule has 170 valence electrons. The van der Waals surface area contributed by atoms with Crippen LogP contribution in [-0.4, -0.2) is 34.3 Å². The first-order chi connectivity index (χ1) is 16.4. The van der Waals surface area contributed by atoms with Gasteiger partial charge in [0.2, 0.25) is 0 Å². The van der Waals surface area contributed by atoms with Gasteiger partial charge >= 0.3 is 6.03 Å². The summed E-state index contributed by atoms with van der Waals surface area (Å²) in [6.45, 7) is 1.77. The highest BCUT2D eigenvalue weighted by Gasteiger charge is 2.41. The van der Waals surface area contributed by atoms with Crippen molar-refractivity contribution < 1.29 is 14.4 Å². The maximum Gasteiger partial charge on any atom is 0.330 e. The molecule has 3 aromatic carbocycles. The average molecular weight is 454 g/mol. The molecule has 0 spiro atoms. The lowest BCUT2D eigenvalue weighted by Crippen LogP contribution is -2.49. The van der Waals surface area contributed by atoms with Crippen molar-refractivity contribution >= 4 is 28.7 Å². The molecule has 4 amide bonds. The quantitative estimate of drug-likeness (QED) is 0.355. The Morgan fingerprint density at radius 3 is 2.44 bits per heavy atom. The first kappa shape index (κ1) is 21.3. The molecular formula is C26H23N5O3. The molecular weight excluding hydrogens is 430 g/mol. The Bertz CT molecular complexity index is 1420. The summed E-state index contributed by atoms with van der Waals surface area (Å²) in [6.07, 6.45) is 0. The number of carbonyl (C=O) groups is 3. The van der Waals surface area contributed by atoms with E-state index in [1.165, 1.54) is 4.90 Å². The molecule has 0 saturated carbocycles. The van der Waals surface area contributed by atoms with Crippen molar-refractivity contribution in [3.8, 4) is 11.3 Å². The van der Waals surface area contributed by atoms with Gasteiger partial charge in [-0.25, -0.2) is 10.2 Å². The summed E-state index contributed by atoms with van der Waals surface area (Å²) >= 11 is 0. The van der Waals surface area contributed by atoms with Crippen LogP contribution in [0.25, 0.3) is 22.2 Å². The standard InChI is InChI=1S/C26H23N5O3/c1-15-10-12-16(13-11-15)23-22(19-8-4-5-9-20(19)28-23)24-17-6-2-3-7-18(17)25(33)31(24)14-21(32)29-30-26(27)34/h2-13,24,28H,14H2,1H3,(H,29,32)(H3,27,30,34). The van der Waals surface area contributed by atoms with Crippen molar-refractivity contribution in [2.24, 2.45) is 5.73 Å². The minimum absolute atomic E-state index is 0.255. The van der Waals surface area contributed by atoms with Gasteiger partial charge in [-0.15, -0.1) is 0 Å². The van der Waals surface area contributed by atoms with E-state index in [0.717, 1.165) is 38.9 Å². The number of hydrazine groups is 1. The van der Waals surface area contributed by atoms with Crippen molar-refractivity contribution in [1.82, 2.24) is 20.7 Å². The number of nitrogens with zero attached hydrogens (tertiary/aromatic N) is 1. The zero-order chi connectivity index (χ0) is 23.8. The summed E-state index contributed by atoms with van der Waals surface area (Å²) in [5.74, 6) is -0.809. The number of amides is 4. The third kappa shape index (κ3) is 3.65. The summed E-state index contributed by atoms with van der Waals surface area (Å²) in [4.78, 5) is 42.1. The second-order valence-electron chi connectivity index (χ2n) is 8.29. The molecule has 0 radical (unpaired) electrons. The number of benzene rings is 3. The van der Waals surface area contributed by atoms with Gasteiger partial charge in [0.25, 0.3) is 11.8 Å². The Morgan fingerprint density at radius 1 is 0.971 bits per heavy atom. The van der Waals surface area contributed by atoms with Crippen LogP contribution in [-0.2, 0) is 4.79 Å². The van der Waals surface area contributed by atoms with Crippen LogP contribution in [0.15, 0.2) is 72.8 Å². The van der Waals surface area contributed by atoms with E-state index in [0.29, 0.717) is 5.56 Å². The number of fused-ring (bicyclic) bond motifs is 2. The molecule has 1 aliphatic heterocycles. The summed E-state index contributed by atoms with van der Waals surface area (Å²) < 4.78 is 0. The second-order valence-corrected chi connectivity index (χ2v) is 8.29. The summed E-state index contributed by atoms with van der Waals surface area (Å²) in [5, 5.41) is 0.966.